The number of fused-ring (bicyclic) bond motifs is 1. The van der Waals surface area contributed by atoms with Crippen molar-refractivity contribution < 1.29 is 9.59 Å². The van der Waals surface area contributed by atoms with E-state index in [1.54, 1.807) is 6.92 Å². The number of Topliss-reactive ketones (excluding diaryl/α,β-unsaturated/α-hetero) is 2. The van der Waals surface area contributed by atoms with Crippen molar-refractivity contribution in [3.8, 4) is 0 Å². The highest BCUT2D eigenvalue weighted by atomic mass is 16.1. The summed E-state index contributed by atoms with van der Waals surface area (Å²) in [6.45, 7) is 5.44. The predicted octanol–water partition coefficient (Wildman–Crippen LogP) is 2.96. The van der Waals surface area contributed by atoms with Crippen molar-refractivity contribution in [3.63, 3.8) is 0 Å². The fraction of sp³-hybridized carbons (Fsp3) is 0.346. The molecule has 0 N–H and O–H groups in total. The third kappa shape index (κ3) is 4.46. The van der Waals surface area contributed by atoms with Crippen LogP contribution in [0.5, 0.6) is 0 Å². The molecule has 1 aliphatic heterocycles. The van der Waals surface area contributed by atoms with Gasteiger partial charge in [0.15, 0.2) is 11.6 Å². The van der Waals surface area contributed by atoms with E-state index in [2.05, 4.69) is 15.2 Å². The van der Waals surface area contributed by atoms with Crippen molar-refractivity contribution >= 4 is 23.7 Å². The van der Waals surface area contributed by atoms with Gasteiger partial charge in [-0.3, -0.25) is 9.59 Å². The topological polar surface area (TPSA) is 42.3 Å². The monoisotopic (exact) mass is 400 g/mol. The standard InChI is InChI=1S/C26H28N2O2/c1-20(29)24-19-28(25-12-7-3-6-11-23(24)25)16-8-15-27-17-13-22(14-18-27)26(30)21-9-4-2-5-10-21/h2,4-7,9-12,19,22H,8,13-18H2,1H3. The van der Waals surface area contributed by atoms with E-state index in [1.165, 1.54) is 0 Å². The Kier molecular flexibility index (Phi) is 6.27. The first-order valence-corrected chi connectivity index (χ1v) is 10.8. The van der Waals surface area contributed by atoms with Gasteiger partial charge in [0.2, 0.25) is 0 Å². The Bertz CT molecular complexity index is 1110. The normalized spacial score (nSPS) is 16.4. The fourth-order valence-electron chi connectivity index (χ4n) is 4.45. The van der Waals surface area contributed by atoms with E-state index >= 15 is 0 Å². The molecule has 0 radical (unpaired) electrons. The summed E-state index contributed by atoms with van der Waals surface area (Å²) in [5.74, 6) is 0.525. The number of rotatable bonds is 7. The Hall–Kier alpha value is -2.94. The Morgan fingerprint density at radius 2 is 1.77 bits per heavy atom. The minimum atomic E-state index is 0.0927. The number of benzene rings is 1. The fourth-order valence-corrected chi connectivity index (χ4v) is 4.45. The highest BCUT2D eigenvalue weighted by Gasteiger charge is 2.25. The summed E-state index contributed by atoms with van der Waals surface area (Å²) in [6, 6.07) is 9.66. The van der Waals surface area contributed by atoms with Gasteiger partial charge in [0.25, 0.3) is 0 Å². The highest BCUT2D eigenvalue weighted by Crippen LogP contribution is 2.21. The maximum absolute atomic E-state index is 12.7. The highest BCUT2D eigenvalue weighted by molar-refractivity contribution is 5.97. The average Bonchev–Trinajstić information content (AvgIpc) is 2.95. The summed E-state index contributed by atoms with van der Waals surface area (Å²) in [5.41, 5.74) is 4.69. The molecule has 0 spiro atoms. The van der Waals surface area contributed by atoms with Crippen LogP contribution < -0.4 is 10.6 Å². The molecule has 0 amide bonds. The SMILES string of the molecule is CC(=O)c1cn(CCCN2CCC(C(=O)c3ccccc3)CC2)c2c1=CC=C=CC=2. The quantitative estimate of drug-likeness (QED) is 0.530. The number of carbonyl (C=O) groups is 2. The molecule has 2 heterocycles. The Morgan fingerprint density at radius 1 is 1.03 bits per heavy atom. The molecule has 0 saturated carbocycles. The molecule has 1 fully saturated rings. The molecule has 1 aromatic carbocycles. The molecule has 30 heavy (non-hydrogen) atoms. The number of aryl methyl sites for hydroxylation is 1. The summed E-state index contributed by atoms with van der Waals surface area (Å²) in [6.07, 6.45) is 12.6. The second-order valence-electron chi connectivity index (χ2n) is 8.12. The number of carbonyl (C=O) groups excluding carboxylic acids is 2. The zero-order valence-electron chi connectivity index (χ0n) is 17.5. The molecular weight excluding hydrogens is 372 g/mol. The zero-order chi connectivity index (χ0) is 20.9. The molecule has 2 aliphatic rings. The first-order chi connectivity index (χ1) is 14.6. The second kappa shape index (κ2) is 9.25. The van der Waals surface area contributed by atoms with E-state index < -0.39 is 0 Å². The van der Waals surface area contributed by atoms with Crippen molar-refractivity contribution in [1.82, 2.24) is 9.47 Å². The van der Waals surface area contributed by atoms with Gasteiger partial charge in [-0.15, -0.1) is 5.73 Å². The third-order valence-electron chi connectivity index (χ3n) is 6.11. The molecular formula is C26H28N2O2. The van der Waals surface area contributed by atoms with Gasteiger partial charge >= 0.3 is 0 Å². The summed E-state index contributed by atoms with van der Waals surface area (Å²) in [5, 5.41) is 2.07. The molecule has 4 heteroatoms. The zero-order valence-corrected chi connectivity index (χ0v) is 17.5. The number of hydrogen-bond donors (Lipinski definition) is 0. The third-order valence-corrected chi connectivity index (χ3v) is 6.11. The molecule has 1 aromatic heterocycles. The van der Waals surface area contributed by atoms with E-state index in [1.807, 2.05) is 60.8 Å². The Morgan fingerprint density at radius 3 is 2.50 bits per heavy atom. The van der Waals surface area contributed by atoms with E-state index in [-0.39, 0.29) is 17.5 Å². The van der Waals surface area contributed by atoms with Crippen molar-refractivity contribution in [2.45, 2.75) is 32.7 Å². The van der Waals surface area contributed by atoms with Crippen molar-refractivity contribution in [3.05, 3.63) is 76.1 Å². The van der Waals surface area contributed by atoms with Gasteiger partial charge in [0.05, 0.1) is 0 Å². The molecule has 0 bridgehead atoms. The van der Waals surface area contributed by atoms with Gasteiger partial charge in [-0.05, 0) is 70.1 Å². The van der Waals surface area contributed by atoms with E-state index in [0.717, 1.165) is 67.1 Å². The minimum Gasteiger partial charge on any atom is -0.347 e. The largest absolute Gasteiger partial charge is 0.347 e. The van der Waals surface area contributed by atoms with Crippen molar-refractivity contribution in [2.75, 3.05) is 19.6 Å². The molecule has 154 valence electrons. The summed E-state index contributed by atoms with van der Waals surface area (Å²) in [4.78, 5) is 27.1. The van der Waals surface area contributed by atoms with E-state index in [0.29, 0.717) is 0 Å². The van der Waals surface area contributed by atoms with Crippen LogP contribution in [0.25, 0.3) is 12.2 Å². The number of ketones is 2. The second-order valence-corrected chi connectivity index (χ2v) is 8.12. The number of aromatic nitrogens is 1. The van der Waals surface area contributed by atoms with Crippen LogP contribution in [0, 0.1) is 5.92 Å². The summed E-state index contributed by atoms with van der Waals surface area (Å²) in [7, 11) is 0. The number of piperidine rings is 1. The lowest BCUT2D eigenvalue weighted by atomic mass is 9.89. The van der Waals surface area contributed by atoms with Crippen LogP contribution in [0.4, 0.5) is 0 Å². The molecule has 4 nitrogen and oxygen atoms in total. The van der Waals surface area contributed by atoms with Gasteiger partial charge in [-0.1, -0.05) is 30.3 Å². The first kappa shape index (κ1) is 20.3. The lowest BCUT2D eigenvalue weighted by molar-refractivity contribution is 0.0838. The molecule has 0 atom stereocenters. The summed E-state index contributed by atoms with van der Waals surface area (Å²) >= 11 is 0. The van der Waals surface area contributed by atoms with Crippen LogP contribution in [-0.2, 0) is 6.54 Å². The van der Waals surface area contributed by atoms with Gasteiger partial charge < -0.3 is 9.47 Å². The molecule has 2 aromatic rings. The van der Waals surface area contributed by atoms with Crippen LogP contribution in [0.15, 0.2) is 54.4 Å². The summed E-state index contributed by atoms with van der Waals surface area (Å²) < 4.78 is 2.19. The molecule has 0 unspecified atom stereocenters. The van der Waals surface area contributed by atoms with E-state index in [4.69, 9.17) is 0 Å². The van der Waals surface area contributed by atoms with Crippen LogP contribution in [0.3, 0.4) is 0 Å². The Balaban J connectivity index is 1.32. The smallest absolute Gasteiger partial charge is 0.166 e. The number of allylic oxidation sites excluding steroid dienone is 1. The average molecular weight is 401 g/mol. The lowest BCUT2D eigenvalue weighted by Gasteiger charge is -2.31. The molecule has 4 rings (SSSR count). The maximum Gasteiger partial charge on any atom is 0.166 e. The van der Waals surface area contributed by atoms with Crippen LogP contribution >= 0.6 is 0 Å². The lowest BCUT2D eigenvalue weighted by Crippen LogP contribution is -2.37. The van der Waals surface area contributed by atoms with Gasteiger partial charge in [-0.25, -0.2) is 0 Å². The van der Waals surface area contributed by atoms with Crippen LogP contribution in [0.2, 0.25) is 0 Å². The predicted molar refractivity (Wildman–Crippen MR) is 120 cm³/mol. The minimum absolute atomic E-state index is 0.0927. The van der Waals surface area contributed by atoms with Gasteiger partial charge in [0.1, 0.15) is 0 Å². The van der Waals surface area contributed by atoms with Crippen molar-refractivity contribution in [1.29, 1.82) is 0 Å². The number of hydrogen-bond acceptors (Lipinski definition) is 3. The van der Waals surface area contributed by atoms with Crippen LogP contribution in [0.1, 0.15) is 46.9 Å². The first-order valence-electron chi connectivity index (χ1n) is 10.8. The van der Waals surface area contributed by atoms with Gasteiger partial charge in [-0.2, -0.15) is 0 Å². The molecule has 1 aliphatic carbocycles. The number of nitrogens with zero attached hydrogens (tertiary/aromatic N) is 2. The van der Waals surface area contributed by atoms with Crippen molar-refractivity contribution in [2.24, 2.45) is 5.92 Å². The maximum atomic E-state index is 12.7. The molecule has 1 saturated heterocycles. The van der Waals surface area contributed by atoms with Crippen LogP contribution in [-0.4, -0.2) is 40.7 Å². The Labute approximate surface area is 177 Å². The van der Waals surface area contributed by atoms with Gasteiger partial charge in [0, 0.05) is 40.4 Å². The van der Waals surface area contributed by atoms with E-state index in [9.17, 15) is 9.59 Å². The number of likely N-dealkylation sites (tertiary alicyclic amines) is 1.